The van der Waals surface area contributed by atoms with Gasteiger partial charge < -0.3 is 20.1 Å². The Bertz CT molecular complexity index is 2110. The Labute approximate surface area is 291 Å². The molecule has 0 radical (unpaired) electrons. The predicted molar refractivity (Wildman–Crippen MR) is 187 cm³/mol. The summed E-state index contributed by atoms with van der Waals surface area (Å²) in [5.41, 5.74) is 3.80. The van der Waals surface area contributed by atoms with Crippen molar-refractivity contribution in [3.8, 4) is 22.7 Å². The third-order valence-electron chi connectivity index (χ3n) is 9.17. The van der Waals surface area contributed by atoms with E-state index in [0.29, 0.717) is 35.5 Å². The van der Waals surface area contributed by atoms with Gasteiger partial charge in [0.2, 0.25) is 0 Å². The smallest absolute Gasteiger partial charge is 0.333 e. The average molecular weight is 724 g/mol. The molecule has 0 spiro atoms. The van der Waals surface area contributed by atoms with Crippen molar-refractivity contribution in [2.75, 3.05) is 6.61 Å². The molecule has 0 bridgehead atoms. The van der Waals surface area contributed by atoms with Crippen LogP contribution in [0, 0.1) is 6.92 Å². The van der Waals surface area contributed by atoms with Crippen molar-refractivity contribution < 1.29 is 19.4 Å². The number of hydrogen-bond acceptors (Lipinski definition) is 7. The molecule has 1 aliphatic heterocycles. The van der Waals surface area contributed by atoms with Crippen LogP contribution < -0.4 is 15.7 Å². The molecule has 1 aliphatic carbocycles. The van der Waals surface area contributed by atoms with Crippen molar-refractivity contribution >= 4 is 27.7 Å². The van der Waals surface area contributed by atoms with Crippen LogP contribution >= 0.6 is 15.9 Å². The molecule has 7 rings (SSSR count). The van der Waals surface area contributed by atoms with Crippen molar-refractivity contribution in [3.63, 3.8) is 0 Å². The molecular formula is C37H35BrN6O5. The van der Waals surface area contributed by atoms with Gasteiger partial charge in [-0.3, -0.25) is 18.7 Å². The number of rotatable bonds is 9. The molecule has 2 N–H and O–H groups in total. The fourth-order valence-corrected chi connectivity index (χ4v) is 6.38. The number of carbonyl (C=O) groups excluding carboxylic acids is 2. The van der Waals surface area contributed by atoms with Crippen LogP contribution in [-0.2, 0) is 19.6 Å². The van der Waals surface area contributed by atoms with Gasteiger partial charge in [-0.25, -0.2) is 14.8 Å². The molecule has 1 fully saturated rings. The van der Waals surface area contributed by atoms with E-state index in [1.165, 1.54) is 10.9 Å². The van der Waals surface area contributed by atoms with Crippen molar-refractivity contribution in [3.05, 3.63) is 128 Å². The minimum Gasteiger partial charge on any atom is -0.491 e. The number of aliphatic hydroxyl groups is 1. The lowest BCUT2D eigenvalue weighted by molar-refractivity contribution is 0.0610. The van der Waals surface area contributed by atoms with Crippen molar-refractivity contribution in [1.29, 1.82) is 0 Å². The highest BCUT2D eigenvalue weighted by atomic mass is 79.9. The van der Waals surface area contributed by atoms with Gasteiger partial charge in [0, 0.05) is 40.9 Å². The van der Waals surface area contributed by atoms with Crippen LogP contribution in [0.25, 0.3) is 16.9 Å². The summed E-state index contributed by atoms with van der Waals surface area (Å²) >= 11 is 3.50. The number of fused-ring (bicyclic) bond motifs is 1. The summed E-state index contributed by atoms with van der Waals surface area (Å²) in [7, 11) is 0. The molecule has 11 nitrogen and oxygen atoms in total. The summed E-state index contributed by atoms with van der Waals surface area (Å²) in [4.78, 5) is 52.4. The fourth-order valence-electron chi connectivity index (χ4n) is 6.14. The summed E-state index contributed by atoms with van der Waals surface area (Å²) in [6.45, 7) is 4.48. The summed E-state index contributed by atoms with van der Waals surface area (Å²) in [6.07, 6.45) is 4.55. The van der Waals surface area contributed by atoms with E-state index in [-0.39, 0.29) is 49.6 Å². The van der Waals surface area contributed by atoms with Crippen LogP contribution in [0.3, 0.4) is 0 Å². The van der Waals surface area contributed by atoms with Gasteiger partial charge in [-0.1, -0.05) is 40.2 Å². The number of nitrogens with one attached hydrogen (secondary N) is 1. The third kappa shape index (κ3) is 6.53. The van der Waals surface area contributed by atoms with Gasteiger partial charge in [0.15, 0.2) is 0 Å². The van der Waals surface area contributed by atoms with Crippen molar-refractivity contribution in [2.24, 2.45) is 0 Å². The Balaban J connectivity index is 1.24. The predicted octanol–water partition coefficient (Wildman–Crippen LogP) is 5.05. The SMILES string of the molecule is Cc1cc(C(=O)N2Cc3c(C(=O)NCc4ccccc4-c4ccncn4)n(-c4ccc(OCC5(O)CC5)cc4)c(=O)n3C[C@H]2C)ccc1Br. The fraction of sp³-hybridized carbons (Fsp3) is 0.270. The van der Waals surface area contributed by atoms with Gasteiger partial charge in [0.05, 0.1) is 29.2 Å². The summed E-state index contributed by atoms with van der Waals surface area (Å²) < 4.78 is 9.69. The van der Waals surface area contributed by atoms with E-state index < -0.39 is 11.5 Å². The topological polar surface area (TPSA) is 132 Å². The molecule has 12 heteroatoms. The quantitative estimate of drug-likeness (QED) is 0.218. The molecule has 2 aliphatic rings. The number of aromatic nitrogens is 4. The highest BCUT2D eigenvalue weighted by molar-refractivity contribution is 9.10. The molecule has 1 saturated carbocycles. The summed E-state index contributed by atoms with van der Waals surface area (Å²) in [5.74, 6) is -0.0943. The Morgan fingerprint density at radius 1 is 1.08 bits per heavy atom. The Morgan fingerprint density at radius 3 is 2.57 bits per heavy atom. The molecular weight excluding hydrogens is 688 g/mol. The second kappa shape index (κ2) is 13.1. The minimum absolute atomic E-state index is 0.0669. The number of halogens is 1. The zero-order chi connectivity index (χ0) is 34.3. The summed E-state index contributed by atoms with van der Waals surface area (Å²) in [6, 6.07) is 21.5. The number of hydrogen-bond donors (Lipinski definition) is 2. The molecule has 49 heavy (non-hydrogen) atoms. The number of amides is 2. The maximum atomic E-state index is 14.3. The van der Waals surface area contributed by atoms with Crippen LogP contribution in [0.5, 0.6) is 5.75 Å². The number of imidazole rings is 1. The first-order valence-electron chi connectivity index (χ1n) is 16.1. The molecule has 3 heterocycles. The van der Waals surface area contributed by atoms with Crippen LogP contribution in [0.2, 0.25) is 0 Å². The number of carbonyl (C=O) groups is 2. The van der Waals surface area contributed by atoms with Gasteiger partial charge in [-0.2, -0.15) is 0 Å². The van der Waals surface area contributed by atoms with Gasteiger partial charge in [-0.05, 0) is 86.3 Å². The monoisotopic (exact) mass is 722 g/mol. The number of nitrogens with zero attached hydrogens (tertiary/aromatic N) is 5. The maximum absolute atomic E-state index is 14.3. The maximum Gasteiger partial charge on any atom is 0.333 e. The van der Waals surface area contributed by atoms with E-state index >= 15 is 0 Å². The lowest BCUT2D eigenvalue weighted by Gasteiger charge is -2.34. The Morgan fingerprint density at radius 2 is 1.86 bits per heavy atom. The number of aryl methyl sites for hydroxylation is 1. The normalized spacial score (nSPS) is 16.2. The van der Waals surface area contributed by atoms with Crippen LogP contribution in [0.15, 0.2) is 94.6 Å². The third-order valence-corrected chi connectivity index (χ3v) is 10.1. The molecule has 5 aromatic rings. The zero-order valence-electron chi connectivity index (χ0n) is 27.1. The van der Waals surface area contributed by atoms with E-state index in [1.54, 1.807) is 52.1 Å². The number of ether oxygens (including phenoxy) is 1. The van der Waals surface area contributed by atoms with Gasteiger partial charge >= 0.3 is 5.69 Å². The van der Waals surface area contributed by atoms with E-state index in [0.717, 1.165) is 26.9 Å². The lowest BCUT2D eigenvalue weighted by atomic mass is 10.0. The molecule has 0 unspecified atom stereocenters. The zero-order valence-corrected chi connectivity index (χ0v) is 28.7. The van der Waals surface area contributed by atoms with Crippen molar-refractivity contribution in [1.82, 2.24) is 29.3 Å². The molecule has 2 amide bonds. The second-order valence-electron chi connectivity index (χ2n) is 12.7. The molecule has 2 aromatic heterocycles. The second-order valence-corrected chi connectivity index (χ2v) is 13.6. The van der Waals surface area contributed by atoms with Gasteiger partial charge in [0.25, 0.3) is 11.8 Å². The molecule has 250 valence electrons. The highest BCUT2D eigenvalue weighted by Gasteiger charge is 2.41. The van der Waals surface area contributed by atoms with Crippen LogP contribution in [-0.4, -0.2) is 59.2 Å². The average Bonchev–Trinajstić information content (AvgIpc) is 3.80. The van der Waals surface area contributed by atoms with Crippen molar-refractivity contribution in [2.45, 2.75) is 58.0 Å². The first kappa shape index (κ1) is 32.5. The van der Waals surface area contributed by atoms with Gasteiger partial charge in [-0.15, -0.1) is 0 Å². The highest BCUT2D eigenvalue weighted by Crippen LogP contribution is 2.35. The molecule has 1 atom stereocenters. The largest absolute Gasteiger partial charge is 0.491 e. The summed E-state index contributed by atoms with van der Waals surface area (Å²) in [5, 5.41) is 13.2. The van der Waals surface area contributed by atoms with E-state index in [4.69, 9.17) is 4.74 Å². The molecule has 0 saturated heterocycles. The first-order valence-corrected chi connectivity index (χ1v) is 16.9. The minimum atomic E-state index is -0.775. The Kier molecular flexibility index (Phi) is 8.68. The van der Waals surface area contributed by atoms with Crippen LogP contribution in [0.1, 0.15) is 57.4 Å². The molecule has 3 aromatic carbocycles. The van der Waals surface area contributed by atoms with E-state index in [9.17, 15) is 19.5 Å². The number of benzene rings is 3. The Hall–Kier alpha value is -5.07. The standard InChI is InChI=1S/C37H35BrN6O5/c1-23-17-25(7-12-30(23)38)35(46)42-20-32-33(34(45)40-18-26-5-3-4-6-29(26)31-13-16-39-22-41-31)44(36(47)43(32)19-24(42)2)27-8-10-28(11-9-27)49-21-37(48)14-15-37/h3-13,16-17,22,24,48H,14-15,18-21H2,1-2H3,(H,40,45)/t24-/m1/s1. The van der Waals surface area contributed by atoms with E-state index in [1.807, 2.05) is 50.2 Å². The first-order chi connectivity index (χ1) is 23.6. The van der Waals surface area contributed by atoms with Gasteiger partial charge in [0.1, 0.15) is 24.4 Å². The lowest BCUT2D eigenvalue weighted by Crippen LogP contribution is -2.47. The van der Waals surface area contributed by atoms with Crippen LogP contribution in [0.4, 0.5) is 0 Å². The van der Waals surface area contributed by atoms with E-state index in [2.05, 4.69) is 31.2 Å².